The molecule has 0 heterocycles. The van der Waals surface area contributed by atoms with Crippen molar-refractivity contribution < 1.29 is 0 Å². The van der Waals surface area contributed by atoms with Gasteiger partial charge in [-0.2, -0.15) is 0 Å². The third-order valence-corrected chi connectivity index (χ3v) is 6.94. The van der Waals surface area contributed by atoms with Crippen LogP contribution in [0.15, 0.2) is 102 Å². The maximum atomic E-state index is 3.83. The Hall–Kier alpha value is -2.16. The molecule has 0 nitrogen and oxygen atoms in total. The van der Waals surface area contributed by atoms with Crippen molar-refractivity contribution in [3.8, 4) is 11.1 Å². The van der Waals surface area contributed by atoms with Gasteiger partial charge in [0.15, 0.2) is 0 Å². The van der Waals surface area contributed by atoms with Gasteiger partial charge in [0.25, 0.3) is 0 Å². The molecule has 188 valence electrons. The second-order valence-corrected chi connectivity index (χ2v) is 10.4. The number of hydrogen-bond donors (Lipinski definition) is 0. The predicted octanol–water partition coefficient (Wildman–Crippen LogP) is 11.3. The minimum atomic E-state index is 1.00. The average molecular weight is 505 g/mol. The van der Waals surface area contributed by atoms with E-state index in [0.717, 1.165) is 11.5 Å². The lowest BCUT2D eigenvalue weighted by molar-refractivity contribution is 0.667. The molecule has 3 rings (SSSR count). The van der Waals surface area contributed by atoms with Crippen molar-refractivity contribution in [1.29, 1.82) is 0 Å². The molecule has 2 heteroatoms. The van der Waals surface area contributed by atoms with E-state index in [1.54, 1.807) is 23.5 Å². The van der Waals surface area contributed by atoms with Crippen LogP contribution in [0.5, 0.6) is 0 Å². The zero-order chi connectivity index (χ0) is 25.7. The highest BCUT2D eigenvalue weighted by Gasteiger charge is 2.01. The molecular formula is C33H44S2. The summed E-state index contributed by atoms with van der Waals surface area (Å²) in [6.45, 7) is 15.9. The monoisotopic (exact) mass is 504 g/mol. The van der Waals surface area contributed by atoms with Gasteiger partial charge in [-0.15, -0.1) is 23.5 Å². The van der Waals surface area contributed by atoms with Crippen LogP contribution in [0, 0.1) is 0 Å². The summed E-state index contributed by atoms with van der Waals surface area (Å²) in [4.78, 5) is 1.17. The number of rotatable bonds is 12. The highest BCUT2D eigenvalue weighted by Crippen LogP contribution is 2.23. The van der Waals surface area contributed by atoms with Crippen molar-refractivity contribution in [3.05, 3.63) is 119 Å². The molecule has 0 spiro atoms. The Balaban J connectivity index is 0.000000395. The molecule has 0 bridgehead atoms. The summed E-state index contributed by atoms with van der Waals surface area (Å²) in [5.74, 6) is 2.04. The Morgan fingerprint density at radius 1 is 0.743 bits per heavy atom. The van der Waals surface area contributed by atoms with Crippen LogP contribution in [-0.4, -0.2) is 0 Å². The fourth-order valence-corrected chi connectivity index (χ4v) is 4.50. The number of unbranched alkanes of at least 4 members (excludes halogenated alkanes) is 3. The molecule has 0 saturated heterocycles. The summed E-state index contributed by atoms with van der Waals surface area (Å²) < 4.78 is 0. The van der Waals surface area contributed by atoms with E-state index in [4.69, 9.17) is 0 Å². The summed E-state index contributed by atoms with van der Waals surface area (Å²) in [7, 11) is 0. The Kier molecular flexibility index (Phi) is 17.7. The van der Waals surface area contributed by atoms with Crippen molar-refractivity contribution in [2.24, 2.45) is 0 Å². The van der Waals surface area contributed by atoms with Crippen LogP contribution in [0.1, 0.15) is 70.1 Å². The SMILES string of the molecule is C=C(C)SCc1ccccc1.C=CSCc1ccc(-c2cccc(CCCCCC)c2)cc1.CC. The van der Waals surface area contributed by atoms with E-state index >= 15 is 0 Å². The van der Waals surface area contributed by atoms with E-state index in [2.05, 4.69) is 92.9 Å². The van der Waals surface area contributed by atoms with Crippen molar-refractivity contribution in [2.45, 2.75) is 71.3 Å². The molecule has 0 radical (unpaired) electrons. The summed E-state index contributed by atoms with van der Waals surface area (Å²) in [6.07, 6.45) is 6.49. The first-order valence-electron chi connectivity index (χ1n) is 12.9. The smallest absolute Gasteiger partial charge is 0.0228 e. The second-order valence-electron chi connectivity index (χ2n) is 8.16. The molecule has 0 aliphatic heterocycles. The number of aryl methyl sites for hydroxylation is 1. The maximum Gasteiger partial charge on any atom is 0.0228 e. The molecule has 0 aromatic heterocycles. The normalized spacial score (nSPS) is 9.83. The lowest BCUT2D eigenvalue weighted by Gasteiger charge is -2.07. The highest BCUT2D eigenvalue weighted by molar-refractivity contribution is 8.02. The zero-order valence-electron chi connectivity index (χ0n) is 22.3. The van der Waals surface area contributed by atoms with Crippen LogP contribution in [-0.2, 0) is 17.9 Å². The molecule has 35 heavy (non-hydrogen) atoms. The largest absolute Gasteiger partial charge is 0.130 e. The Morgan fingerprint density at radius 2 is 1.40 bits per heavy atom. The maximum absolute atomic E-state index is 3.83. The van der Waals surface area contributed by atoms with Gasteiger partial charge in [-0.3, -0.25) is 0 Å². The molecular weight excluding hydrogens is 460 g/mol. The number of thioether (sulfide) groups is 2. The van der Waals surface area contributed by atoms with Gasteiger partial charge in [0.05, 0.1) is 0 Å². The Morgan fingerprint density at radius 3 is 2.03 bits per heavy atom. The summed E-state index contributed by atoms with van der Waals surface area (Å²) in [6, 6.07) is 28.3. The zero-order valence-corrected chi connectivity index (χ0v) is 23.9. The van der Waals surface area contributed by atoms with Gasteiger partial charge in [0.2, 0.25) is 0 Å². The van der Waals surface area contributed by atoms with E-state index in [-0.39, 0.29) is 0 Å². The minimum Gasteiger partial charge on any atom is -0.130 e. The summed E-state index contributed by atoms with van der Waals surface area (Å²) in [5.41, 5.74) is 6.81. The van der Waals surface area contributed by atoms with E-state index in [9.17, 15) is 0 Å². The first kappa shape index (κ1) is 30.9. The van der Waals surface area contributed by atoms with Crippen LogP contribution in [0.4, 0.5) is 0 Å². The quantitative estimate of drug-likeness (QED) is 0.225. The lowest BCUT2D eigenvalue weighted by atomic mass is 9.99. The van der Waals surface area contributed by atoms with Gasteiger partial charge >= 0.3 is 0 Å². The second kappa shape index (κ2) is 20.1. The highest BCUT2D eigenvalue weighted by atomic mass is 32.2. The average Bonchev–Trinajstić information content (AvgIpc) is 2.91. The van der Waals surface area contributed by atoms with Gasteiger partial charge in [0, 0.05) is 11.5 Å². The topological polar surface area (TPSA) is 0 Å². The van der Waals surface area contributed by atoms with Gasteiger partial charge in [-0.25, -0.2) is 0 Å². The molecule has 0 N–H and O–H groups in total. The van der Waals surface area contributed by atoms with Crippen molar-refractivity contribution >= 4 is 23.5 Å². The van der Waals surface area contributed by atoms with Crippen LogP contribution in [0.25, 0.3) is 11.1 Å². The molecule has 3 aromatic rings. The molecule has 3 aromatic carbocycles. The summed E-state index contributed by atoms with van der Waals surface area (Å²) >= 11 is 3.53. The van der Waals surface area contributed by atoms with E-state index in [1.165, 1.54) is 64.8 Å². The first-order chi connectivity index (χ1) is 17.1. The molecule has 0 aliphatic carbocycles. The van der Waals surface area contributed by atoms with Gasteiger partial charge in [-0.05, 0) is 57.9 Å². The van der Waals surface area contributed by atoms with Crippen molar-refractivity contribution in [2.75, 3.05) is 0 Å². The Labute approximate surface area is 224 Å². The lowest BCUT2D eigenvalue weighted by Crippen LogP contribution is -1.87. The van der Waals surface area contributed by atoms with E-state index < -0.39 is 0 Å². The van der Waals surface area contributed by atoms with Crippen LogP contribution in [0.3, 0.4) is 0 Å². The van der Waals surface area contributed by atoms with Crippen LogP contribution >= 0.6 is 23.5 Å². The molecule has 0 atom stereocenters. The standard InChI is InChI=1S/C21H26S.C10H12S.C2H6/c1-3-5-6-7-9-18-10-8-11-21(16-18)20-14-12-19(13-15-20)17-22-4-2;1-9(2)11-8-10-6-4-3-5-7-10;1-2/h4,8,10-16H,2-3,5-7,9,17H2,1H3;3-7H,1,8H2,2H3;1-2H3. The third kappa shape index (κ3) is 14.1. The van der Waals surface area contributed by atoms with Crippen LogP contribution < -0.4 is 0 Å². The number of hydrogen-bond acceptors (Lipinski definition) is 2. The van der Waals surface area contributed by atoms with E-state index in [0.29, 0.717) is 0 Å². The minimum absolute atomic E-state index is 1.00. The van der Waals surface area contributed by atoms with Crippen LogP contribution in [0.2, 0.25) is 0 Å². The van der Waals surface area contributed by atoms with E-state index in [1.807, 2.05) is 32.2 Å². The molecule has 0 amide bonds. The van der Waals surface area contributed by atoms with Gasteiger partial charge in [-0.1, -0.05) is 132 Å². The molecule has 0 saturated carbocycles. The third-order valence-electron chi connectivity index (χ3n) is 5.23. The number of allylic oxidation sites excluding steroid dienone is 1. The fraction of sp³-hybridized carbons (Fsp3) is 0.333. The van der Waals surface area contributed by atoms with Gasteiger partial charge < -0.3 is 0 Å². The molecule has 0 unspecified atom stereocenters. The van der Waals surface area contributed by atoms with Gasteiger partial charge in [0.1, 0.15) is 0 Å². The summed E-state index contributed by atoms with van der Waals surface area (Å²) in [5, 5.41) is 1.90. The molecule has 0 fully saturated rings. The predicted molar refractivity (Wildman–Crippen MR) is 165 cm³/mol. The number of benzene rings is 3. The molecule has 0 aliphatic rings. The first-order valence-corrected chi connectivity index (χ1v) is 14.9. The van der Waals surface area contributed by atoms with Crippen molar-refractivity contribution in [3.63, 3.8) is 0 Å². The van der Waals surface area contributed by atoms with Crippen molar-refractivity contribution in [1.82, 2.24) is 0 Å². The fourth-order valence-electron chi connectivity index (χ4n) is 3.39. The Bertz CT molecular complexity index is 942.